The van der Waals surface area contributed by atoms with Crippen molar-refractivity contribution >= 4 is 5.91 Å². The number of carbonyl (C=O) groups excluding carboxylic acids is 1. The maximum Gasteiger partial charge on any atom is 0.230 e. The number of nitrogens with two attached hydrogens (primary N) is 1. The van der Waals surface area contributed by atoms with E-state index in [1.807, 2.05) is 38.1 Å². The van der Waals surface area contributed by atoms with Gasteiger partial charge in [0.25, 0.3) is 0 Å². The van der Waals surface area contributed by atoms with Gasteiger partial charge in [0, 0.05) is 6.04 Å². The van der Waals surface area contributed by atoms with Gasteiger partial charge in [0.05, 0.1) is 31.8 Å². The molecule has 3 atom stereocenters. The van der Waals surface area contributed by atoms with E-state index in [0.717, 1.165) is 11.3 Å². The molecule has 1 heterocycles. The van der Waals surface area contributed by atoms with Crippen molar-refractivity contribution in [3.05, 3.63) is 29.8 Å². The number of hydrogen-bond donors (Lipinski definition) is 2. The van der Waals surface area contributed by atoms with Gasteiger partial charge in [0.1, 0.15) is 5.75 Å². The Bertz CT molecular complexity index is 475. The van der Waals surface area contributed by atoms with Gasteiger partial charge in [0.15, 0.2) is 0 Å². The fourth-order valence-corrected chi connectivity index (χ4v) is 2.26. The molecule has 2 rings (SSSR count). The summed E-state index contributed by atoms with van der Waals surface area (Å²) in [6.07, 6.45) is 0. The fraction of sp³-hybridized carbons (Fsp3) is 0.533. The molecular weight excluding hydrogens is 256 g/mol. The molecule has 0 bridgehead atoms. The summed E-state index contributed by atoms with van der Waals surface area (Å²) < 4.78 is 10.4. The first kappa shape index (κ1) is 14.8. The molecule has 1 aromatic rings. The standard InChI is InChI=1S/C15H22N2O3/c1-10(11-4-6-12(19-3)7-5-11)17-14(18)15(2)9-20-8-13(15)16/h4-7,10,13H,8-9,16H2,1-3H3,(H,17,18)/t10-,13?,15?/m0/s1. The number of ether oxygens (including phenoxy) is 2. The maximum atomic E-state index is 12.4. The average molecular weight is 278 g/mol. The monoisotopic (exact) mass is 278 g/mol. The van der Waals surface area contributed by atoms with Crippen LogP contribution in [0.5, 0.6) is 5.75 Å². The normalized spacial score (nSPS) is 27.1. The quantitative estimate of drug-likeness (QED) is 0.869. The first-order valence-electron chi connectivity index (χ1n) is 6.75. The highest BCUT2D eigenvalue weighted by molar-refractivity contribution is 5.84. The number of amides is 1. The first-order chi connectivity index (χ1) is 9.47. The van der Waals surface area contributed by atoms with E-state index >= 15 is 0 Å². The van der Waals surface area contributed by atoms with E-state index in [9.17, 15) is 4.79 Å². The third-order valence-electron chi connectivity index (χ3n) is 4.00. The smallest absolute Gasteiger partial charge is 0.230 e. The highest BCUT2D eigenvalue weighted by atomic mass is 16.5. The van der Waals surface area contributed by atoms with Crippen molar-refractivity contribution in [1.82, 2.24) is 5.32 Å². The molecule has 1 saturated heterocycles. The Morgan fingerprint density at radius 2 is 2.15 bits per heavy atom. The van der Waals surface area contributed by atoms with Crippen molar-refractivity contribution in [2.45, 2.75) is 25.9 Å². The van der Waals surface area contributed by atoms with Crippen LogP contribution in [0.15, 0.2) is 24.3 Å². The second kappa shape index (κ2) is 5.81. The topological polar surface area (TPSA) is 73.6 Å². The summed E-state index contributed by atoms with van der Waals surface area (Å²) in [5.74, 6) is 0.733. The van der Waals surface area contributed by atoms with Crippen LogP contribution in [-0.4, -0.2) is 32.3 Å². The molecule has 20 heavy (non-hydrogen) atoms. The summed E-state index contributed by atoms with van der Waals surface area (Å²) in [6, 6.07) is 7.30. The summed E-state index contributed by atoms with van der Waals surface area (Å²) in [5, 5.41) is 3.01. The van der Waals surface area contributed by atoms with Crippen LogP contribution < -0.4 is 15.8 Å². The van der Waals surface area contributed by atoms with Crippen molar-refractivity contribution in [2.75, 3.05) is 20.3 Å². The lowest BCUT2D eigenvalue weighted by molar-refractivity contribution is -0.131. The average Bonchev–Trinajstić information content (AvgIpc) is 2.80. The van der Waals surface area contributed by atoms with Gasteiger partial charge in [-0.3, -0.25) is 4.79 Å². The predicted octanol–water partition coefficient (Wildman–Crippen LogP) is 1.24. The Morgan fingerprint density at radius 3 is 2.65 bits per heavy atom. The number of rotatable bonds is 4. The van der Waals surface area contributed by atoms with Gasteiger partial charge in [-0.15, -0.1) is 0 Å². The lowest BCUT2D eigenvalue weighted by Crippen LogP contribution is -2.50. The highest BCUT2D eigenvalue weighted by Crippen LogP contribution is 2.28. The zero-order valence-electron chi connectivity index (χ0n) is 12.2. The molecule has 1 aliphatic heterocycles. The number of benzene rings is 1. The van der Waals surface area contributed by atoms with E-state index in [0.29, 0.717) is 13.2 Å². The molecule has 0 spiro atoms. The van der Waals surface area contributed by atoms with E-state index < -0.39 is 5.41 Å². The molecule has 0 aromatic heterocycles. The molecule has 110 valence electrons. The molecule has 0 aliphatic carbocycles. The Balaban J connectivity index is 2.03. The van der Waals surface area contributed by atoms with Gasteiger partial charge in [-0.2, -0.15) is 0 Å². The molecule has 2 unspecified atom stereocenters. The minimum Gasteiger partial charge on any atom is -0.497 e. The van der Waals surface area contributed by atoms with Gasteiger partial charge < -0.3 is 20.5 Å². The van der Waals surface area contributed by atoms with Crippen LogP contribution in [-0.2, 0) is 9.53 Å². The van der Waals surface area contributed by atoms with E-state index in [1.54, 1.807) is 7.11 Å². The van der Waals surface area contributed by atoms with E-state index in [-0.39, 0.29) is 18.0 Å². The van der Waals surface area contributed by atoms with Crippen molar-refractivity contribution in [3.63, 3.8) is 0 Å². The van der Waals surface area contributed by atoms with Gasteiger partial charge in [-0.25, -0.2) is 0 Å². The lowest BCUT2D eigenvalue weighted by Gasteiger charge is -2.27. The largest absolute Gasteiger partial charge is 0.497 e. The third-order valence-corrected chi connectivity index (χ3v) is 4.00. The maximum absolute atomic E-state index is 12.4. The first-order valence-corrected chi connectivity index (χ1v) is 6.75. The van der Waals surface area contributed by atoms with Crippen LogP contribution in [0.3, 0.4) is 0 Å². The van der Waals surface area contributed by atoms with Crippen molar-refractivity contribution < 1.29 is 14.3 Å². The van der Waals surface area contributed by atoms with Gasteiger partial charge >= 0.3 is 0 Å². The minimum atomic E-state index is -0.652. The Labute approximate surface area is 119 Å². The summed E-state index contributed by atoms with van der Waals surface area (Å²) in [4.78, 5) is 12.4. The third kappa shape index (κ3) is 2.78. The second-order valence-electron chi connectivity index (χ2n) is 5.51. The molecule has 1 fully saturated rings. The Kier molecular flexibility index (Phi) is 4.30. The van der Waals surface area contributed by atoms with Crippen molar-refractivity contribution in [3.8, 4) is 5.75 Å². The molecular formula is C15H22N2O3. The van der Waals surface area contributed by atoms with Crippen LogP contribution in [0.4, 0.5) is 0 Å². The molecule has 1 aromatic carbocycles. The molecule has 0 saturated carbocycles. The zero-order valence-corrected chi connectivity index (χ0v) is 12.2. The molecule has 0 radical (unpaired) electrons. The lowest BCUT2D eigenvalue weighted by atomic mass is 9.84. The summed E-state index contributed by atoms with van der Waals surface area (Å²) in [7, 11) is 1.63. The van der Waals surface area contributed by atoms with Gasteiger partial charge in [-0.05, 0) is 31.5 Å². The second-order valence-corrected chi connectivity index (χ2v) is 5.51. The highest BCUT2D eigenvalue weighted by Gasteiger charge is 2.44. The van der Waals surface area contributed by atoms with Crippen LogP contribution in [0, 0.1) is 5.41 Å². The molecule has 5 nitrogen and oxygen atoms in total. The Morgan fingerprint density at radius 1 is 1.50 bits per heavy atom. The van der Waals surface area contributed by atoms with Gasteiger partial charge in [-0.1, -0.05) is 12.1 Å². The number of nitrogens with one attached hydrogen (secondary N) is 1. The fourth-order valence-electron chi connectivity index (χ4n) is 2.26. The van der Waals surface area contributed by atoms with Crippen molar-refractivity contribution in [1.29, 1.82) is 0 Å². The predicted molar refractivity (Wildman–Crippen MR) is 76.5 cm³/mol. The van der Waals surface area contributed by atoms with E-state index in [2.05, 4.69) is 5.32 Å². The van der Waals surface area contributed by atoms with Crippen LogP contribution in [0.25, 0.3) is 0 Å². The van der Waals surface area contributed by atoms with Crippen molar-refractivity contribution in [2.24, 2.45) is 11.1 Å². The summed E-state index contributed by atoms with van der Waals surface area (Å²) in [6.45, 7) is 4.60. The molecule has 1 aliphatic rings. The minimum absolute atomic E-state index is 0.0641. The molecule has 3 N–H and O–H groups in total. The number of hydrogen-bond acceptors (Lipinski definition) is 4. The SMILES string of the molecule is COc1ccc([C@H](C)NC(=O)C2(C)COCC2N)cc1. The van der Waals surface area contributed by atoms with E-state index in [1.165, 1.54) is 0 Å². The number of carbonyl (C=O) groups is 1. The molecule has 5 heteroatoms. The van der Waals surface area contributed by atoms with Gasteiger partial charge in [0.2, 0.25) is 5.91 Å². The van der Waals surface area contributed by atoms with Crippen LogP contribution >= 0.6 is 0 Å². The Hall–Kier alpha value is -1.59. The number of methoxy groups -OCH3 is 1. The zero-order chi connectivity index (χ0) is 14.8. The molecule has 1 amide bonds. The summed E-state index contributed by atoms with van der Waals surface area (Å²) >= 11 is 0. The van der Waals surface area contributed by atoms with Crippen LogP contribution in [0.2, 0.25) is 0 Å². The summed E-state index contributed by atoms with van der Waals surface area (Å²) in [5.41, 5.74) is 6.34. The van der Waals surface area contributed by atoms with Crippen LogP contribution in [0.1, 0.15) is 25.5 Å². The van der Waals surface area contributed by atoms with E-state index in [4.69, 9.17) is 15.2 Å².